The van der Waals surface area contributed by atoms with Crippen LogP contribution in [-0.2, 0) is 4.79 Å². The Hall–Kier alpha value is -4.18. The molecule has 3 aromatic carbocycles. The van der Waals surface area contributed by atoms with Crippen LogP contribution < -0.4 is 18.9 Å². The van der Waals surface area contributed by atoms with Crippen molar-refractivity contribution < 1.29 is 33.2 Å². The summed E-state index contributed by atoms with van der Waals surface area (Å²) in [5.74, 6) is 6.23. The Kier molecular flexibility index (Phi) is 7.41. The van der Waals surface area contributed by atoms with Crippen LogP contribution in [0.2, 0.25) is 0 Å². The van der Waals surface area contributed by atoms with Crippen molar-refractivity contribution in [3.63, 3.8) is 0 Å². The molecule has 2 atom stereocenters. The van der Waals surface area contributed by atoms with Gasteiger partial charge in [0.15, 0.2) is 17.6 Å². The summed E-state index contributed by atoms with van der Waals surface area (Å²) in [6.45, 7) is 2.24. The standard InChI is InChI=1S/C28H25FO6/c1-3-4-19(14-28(30)31)18-5-8-21(9-6-18)33-16-23-17-34-26-12-7-20(13-27(26)35-23)24-11-10-22(32-2)15-25(24)29/h5-13,15,19,23H,14,16-17H2,1-2H3,(H,30,31)/t19-,23-/m0/s1. The number of carboxylic acids is 1. The first-order chi connectivity index (χ1) is 17.0. The van der Waals surface area contributed by atoms with Crippen LogP contribution in [0.1, 0.15) is 24.8 Å². The molecule has 3 aromatic rings. The number of benzene rings is 3. The van der Waals surface area contributed by atoms with E-state index in [-0.39, 0.29) is 30.9 Å². The van der Waals surface area contributed by atoms with E-state index in [1.165, 1.54) is 13.2 Å². The van der Waals surface area contributed by atoms with Crippen LogP contribution in [0, 0.1) is 17.7 Å². The minimum atomic E-state index is -0.898. The summed E-state index contributed by atoms with van der Waals surface area (Å²) in [7, 11) is 1.49. The van der Waals surface area contributed by atoms with Gasteiger partial charge in [-0.1, -0.05) is 24.1 Å². The average Bonchev–Trinajstić information content (AvgIpc) is 2.86. The molecule has 0 radical (unpaired) electrons. The number of hydrogen-bond donors (Lipinski definition) is 1. The maximum atomic E-state index is 14.5. The van der Waals surface area contributed by atoms with E-state index in [0.717, 1.165) is 5.56 Å². The normalized spacial score (nSPS) is 14.9. The second kappa shape index (κ2) is 10.8. The number of ether oxygens (including phenoxy) is 4. The van der Waals surface area contributed by atoms with Crippen LogP contribution in [0.4, 0.5) is 4.39 Å². The van der Waals surface area contributed by atoms with Crippen molar-refractivity contribution >= 4 is 5.97 Å². The fourth-order valence-corrected chi connectivity index (χ4v) is 3.81. The molecular formula is C28H25FO6. The molecule has 7 heteroatoms. The summed E-state index contributed by atoms with van der Waals surface area (Å²) in [4.78, 5) is 11.1. The summed E-state index contributed by atoms with van der Waals surface area (Å²) in [5.41, 5.74) is 1.92. The molecule has 180 valence electrons. The van der Waals surface area contributed by atoms with Crippen molar-refractivity contribution in [2.45, 2.75) is 25.4 Å². The van der Waals surface area contributed by atoms with Crippen LogP contribution in [0.5, 0.6) is 23.0 Å². The fraction of sp³-hybridized carbons (Fsp3) is 0.250. The van der Waals surface area contributed by atoms with Crippen molar-refractivity contribution in [2.24, 2.45) is 0 Å². The second-order valence-electron chi connectivity index (χ2n) is 7.98. The van der Waals surface area contributed by atoms with Gasteiger partial charge in [-0.3, -0.25) is 4.79 Å². The van der Waals surface area contributed by atoms with Gasteiger partial charge in [0.1, 0.15) is 30.5 Å². The van der Waals surface area contributed by atoms with Crippen molar-refractivity contribution in [3.05, 3.63) is 72.0 Å². The molecule has 0 spiro atoms. The molecule has 1 heterocycles. The van der Waals surface area contributed by atoms with E-state index in [2.05, 4.69) is 11.8 Å². The maximum Gasteiger partial charge on any atom is 0.304 e. The Labute approximate surface area is 203 Å². The van der Waals surface area contributed by atoms with Gasteiger partial charge in [-0.2, -0.15) is 0 Å². The van der Waals surface area contributed by atoms with Gasteiger partial charge < -0.3 is 24.1 Å². The third kappa shape index (κ3) is 5.85. The van der Waals surface area contributed by atoms with E-state index in [1.807, 2.05) is 12.1 Å². The number of halogens is 1. The van der Waals surface area contributed by atoms with E-state index in [0.29, 0.717) is 40.7 Å². The Morgan fingerprint density at radius 2 is 1.89 bits per heavy atom. The first kappa shape index (κ1) is 24.0. The lowest BCUT2D eigenvalue weighted by Gasteiger charge is -2.27. The molecule has 1 N–H and O–H groups in total. The molecule has 6 nitrogen and oxygen atoms in total. The lowest BCUT2D eigenvalue weighted by atomic mass is 9.96. The summed E-state index contributed by atoms with van der Waals surface area (Å²) < 4.78 is 37.3. The minimum Gasteiger partial charge on any atom is -0.497 e. The van der Waals surface area contributed by atoms with E-state index < -0.39 is 5.97 Å². The molecule has 0 aliphatic carbocycles. The van der Waals surface area contributed by atoms with Crippen LogP contribution in [0.3, 0.4) is 0 Å². The van der Waals surface area contributed by atoms with Gasteiger partial charge in [0.25, 0.3) is 0 Å². The number of carboxylic acid groups (broad SMARTS) is 1. The van der Waals surface area contributed by atoms with Crippen LogP contribution in [-0.4, -0.2) is 37.5 Å². The molecular weight excluding hydrogens is 451 g/mol. The van der Waals surface area contributed by atoms with Gasteiger partial charge in [-0.25, -0.2) is 4.39 Å². The second-order valence-corrected chi connectivity index (χ2v) is 7.98. The fourth-order valence-electron chi connectivity index (χ4n) is 3.81. The first-order valence-electron chi connectivity index (χ1n) is 11.1. The molecule has 1 aliphatic heterocycles. The number of methoxy groups -OCH3 is 1. The van der Waals surface area contributed by atoms with E-state index in [4.69, 9.17) is 24.1 Å². The summed E-state index contributed by atoms with van der Waals surface area (Å²) in [6.07, 6.45) is -0.417. The van der Waals surface area contributed by atoms with Crippen LogP contribution in [0.15, 0.2) is 60.7 Å². The number of hydrogen-bond acceptors (Lipinski definition) is 5. The third-order valence-corrected chi connectivity index (χ3v) is 5.57. The Morgan fingerprint density at radius 3 is 2.57 bits per heavy atom. The highest BCUT2D eigenvalue weighted by molar-refractivity contribution is 5.69. The molecule has 35 heavy (non-hydrogen) atoms. The largest absolute Gasteiger partial charge is 0.497 e. The number of carbonyl (C=O) groups is 1. The van der Waals surface area contributed by atoms with Gasteiger partial charge in [0.05, 0.1) is 19.4 Å². The van der Waals surface area contributed by atoms with Gasteiger partial charge in [0.2, 0.25) is 0 Å². The summed E-state index contributed by atoms with van der Waals surface area (Å²) >= 11 is 0. The van der Waals surface area contributed by atoms with Gasteiger partial charge in [-0.05, 0) is 54.4 Å². The molecule has 0 fully saturated rings. The molecule has 4 rings (SSSR count). The molecule has 0 bridgehead atoms. The van der Waals surface area contributed by atoms with Crippen molar-refractivity contribution in [3.8, 4) is 46.0 Å². The number of fused-ring (bicyclic) bond motifs is 1. The minimum absolute atomic E-state index is 0.0594. The quantitative estimate of drug-likeness (QED) is 0.445. The Morgan fingerprint density at radius 1 is 1.11 bits per heavy atom. The smallest absolute Gasteiger partial charge is 0.304 e. The predicted molar refractivity (Wildman–Crippen MR) is 129 cm³/mol. The maximum absolute atomic E-state index is 14.5. The van der Waals surface area contributed by atoms with Gasteiger partial charge in [-0.15, -0.1) is 5.92 Å². The SMILES string of the molecule is CC#C[C@@H](CC(=O)O)c1ccc(OC[C@H]2COc3ccc(-c4ccc(OC)cc4F)cc3O2)cc1. The molecule has 0 saturated carbocycles. The summed E-state index contributed by atoms with van der Waals surface area (Å²) in [6, 6.07) is 17.2. The van der Waals surface area contributed by atoms with Crippen molar-refractivity contribution in [1.29, 1.82) is 0 Å². The van der Waals surface area contributed by atoms with Crippen molar-refractivity contribution in [2.75, 3.05) is 20.3 Å². The molecule has 0 amide bonds. The number of rotatable bonds is 8. The van der Waals surface area contributed by atoms with E-state index in [9.17, 15) is 9.18 Å². The third-order valence-electron chi connectivity index (χ3n) is 5.57. The lowest BCUT2D eigenvalue weighted by molar-refractivity contribution is -0.137. The molecule has 0 aromatic heterocycles. The number of aliphatic carboxylic acids is 1. The lowest BCUT2D eigenvalue weighted by Crippen LogP contribution is -2.34. The molecule has 0 saturated heterocycles. The van der Waals surface area contributed by atoms with Gasteiger partial charge >= 0.3 is 5.97 Å². The monoisotopic (exact) mass is 476 g/mol. The highest BCUT2D eigenvalue weighted by atomic mass is 19.1. The van der Waals surface area contributed by atoms with Gasteiger partial charge in [0, 0.05) is 11.6 Å². The average molecular weight is 477 g/mol. The Bertz CT molecular complexity index is 1260. The Balaban J connectivity index is 1.40. The highest BCUT2D eigenvalue weighted by Gasteiger charge is 2.23. The van der Waals surface area contributed by atoms with Crippen LogP contribution in [0.25, 0.3) is 11.1 Å². The van der Waals surface area contributed by atoms with E-state index in [1.54, 1.807) is 49.4 Å². The topological polar surface area (TPSA) is 74.2 Å². The highest BCUT2D eigenvalue weighted by Crippen LogP contribution is 2.37. The summed E-state index contributed by atoms with van der Waals surface area (Å²) in [5, 5.41) is 9.10. The predicted octanol–water partition coefficient (Wildman–Crippen LogP) is 5.30. The van der Waals surface area contributed by atoms with Crippen molar-refractivity contribution in [1.82, 2.24) is 0 Å². The molecule has 0 unspecified atom stereocenters. The zero-order valence-electron chi connectivity index (χ0n) is 19.4. The molecule has 1 aliphatic rings. The first-order valence-corrected chi connectivity index (χ1v) is 11.1. The van der Waals surface area contributed by atoms with Crippen LogP contribution >= 0.6 is 0 Å². The van der Waals surface area contributed by atoms with E-state index >= 15 is 0 Å². The zero-order valence-corrected chi connectivity index (χ0v) is 19.4. The zero-order chi connectivity index (χ0) is 24.8.